The maximum absolute atomic E-state index is 6.37. The molecule has 62 heavy (non-hydrogen) atoms. The fraction of sp³-hybridized carbons (Fsp3) is 0.0172. The smallest absolute Gasteiger partial charge is 0.164 e. The van der Waals surface area contributed by atoms with Gasteiger partial charge in [-0.3, -0.25) is 0 Å². The first kappa shape index (κ1) is 35.7. The third kappa shape index (κ3) is 5.65. The van der Waals surface area contributed by atoms with Crippen molar-refractivity contribution in [2.75, 3.05) is 0 Å². The van der Waals surface area contributed by atoms with Crippen molar-refractivity contribution >= 4 is 21.9 Å². The number of hydrogen-bond acceptors (Lipinski definition) is 4. The lowest BCUT2D eigenvalue weighted by Gasteiger charge is -2.33. The molecule has 0 saturated heterocycles. The minimum absolute atomic E-state index is 0.557. The molecular weight excluding hydrogens is 755 g/mol. The van der Waals surface area contributed by atoms with Gasteiger partial charge in [-0.1, -0.05) is 206 Å². The zero-order valence-electron chi connectivity index (χ0n) is 33.6. The molecule has 0 atom stereocenters. The van der Waals surface area contributed by atoms with Gasteiger partial charge >= 0.3 is 0 Å². The van der Waals surface area contributed by atoms with E-state index in [1.54, 1.807) is 0 Å². The highest BCUT2D eigenvalue weighted by Crippen LogP contribution is 2.58. The molecule has 2 heterocycles. The highest BCUT2D eigenvalue weighted by atomic mass is 16.3. The van der Waals surface area contributed by atoms with Crippen LogP contribution in [0.3, 0.4) is 0 Å². The van der Waals surface area contributed by atoms with Crippen molar-refractivity contribution in [1.29, 1.82) is 0 Å². The van der Waals surface area contributed by atoms with E-state index in [1.807, 2.05) is 30.3 Å². The number of rotatable bonds is 7. The molecule has 1 aliphatic carbocycles. The van der Waals surface area contributed by atoms with Crippen LogP contribution in [-0.4, -0.2) is 15.0 Å². The summed E-state index contributed by atoms with van der Waals surface area (Å²) in [5.41, 5.74) is 15.6. The molecule has 9 aromatic carbocycles. The van der Waals surface area contributed by atoms with E-state index in [2.05, 4.69) is 194 Å². The molecule has 0 amide bonds. The van der Waals surface area contributed by atoms with Crippen LogP contribution in [0.5, 0.6) is 0 Å². The first-order valence-electron chi connectivity index (χ1n) is 21.0. The number of hydrogen-bond donors (Lipinski definition) is 0. The molecule has 1 aliphatic rings. The lowest BCUT2D eigenvalue weighted by atomic mass is 9.67. The van der Waals surface area contributed by atoms with Gasteiger partial charge in [0.2, 0.25) is 0 Å². The molecule has 290 valence electrons. The third-order valence-corrected chi connectivity index (χ3v) is 12.4. The van der Waals surface area contributed by atoms with E-state index < -0.39 is 5.41 Å². The highest BCUT2D eigenvalue weighted by Gasteiger charge is 2.47. The van der Waals surface area contributed by atoms with E-state index in [0.717, 1.165) is 55.3 Å². The summed E-state index contributed by atoms with van der Waals surface area (Å²) in [6, 6.07) is 79.2. The van der Waals surface area contributed by atoms with Crippen LogP contribution < -0.4 is 0 Å². The number of benzene rings is 9. The van der Waals surface area contributed by atoms with E-state index >= 15 is 0 Å². The summed E-state index contributed by atoms with van der Waals surface area (Å²) in [4.78, 5) is 16.1. The van der Waals surface area contributed by atoms with Gasteiger partial charge in [0.25, 0.3) is 0 Å². The SMILES string of the molecule is c1ccc(-c2cccc(-c3ccc(-c4nc(-c5cccc6c5-c5ccccc5C6(c5ccccc5)c5ccccc5)nc(-c5cccc6oc7ccccc7c56)n4)cc3)c2)cc1. The van der Waals surface area contributed by atoms with Gasteiger partial charge in [0.05, 0.1) is 5.41 Å². The van der Waals surface area contributed by atoms with Gasteiger partial charge in [0.15, 0.2) is 17.5 Å². The van der Waals surface area contributed by atoms with Crippen molar-refractivity contribution in [2.45, 2.75) is 5.41 Å². The first-order chi connectivity index (χ1) is 30.7. The number of para-hydroxylation sites is 1. The van der Waals surface area contributed by atoms with Gasteiger partial charge < -0.3 is 4.42 Å². The monoisotopic (exact) mass is 791 g/mol. The summed E-state index contributed by atoms with van der Waals surface area (Å²) < 4.78 is 6.37. The molecular formula is C58H37N3O. The van der Waals surface area contributed by atoms with Gasteiger partial charge in [-0.05, 0) is 73.8 Å². The molecule has 0 N–H and O–H groups in total. The third-order valence-electron chi connectivity index (χ3n) is 12.4. The Hall–Kier alpha value is -8.21. The van der Waals surface area contributed by atoms with Crippen LogP contribution in [0.15, 0.2) is 229 Å². The first-order valence-corrected chi connectivity index (χ1v) is 21.0. The summed E-state index contributed by atoms with van der Waals surface area (Å²) in [6.07, 6.45) is 0. The van der Waals surface area contributed by atoms with Crippen molar-refractivity contribution in [1.82, 2.24) is 15.0 Å². The Bertz CT molecular complexity index is 3410. The van der Waals surface area contributed by atoms with Gasteiger partial charge in [-0.2, -0.15) is 0 Å². The maximum atomic E-state index is 6.37. The Morgan fingerprint density at radius 3 is 1.55 bits per heavy atom. The second-order valence-electron chi connectivity index (χ2n) is 15.9. The second kappa shape index (κ2) is 14.5. The number of nitrogens with zero attached hydrogens (tertiary/aromatic N) is 3. The van der Waals surface area contributed by atoms with Crippen LogP contribution in [0.25, 0.3) is 89.5 Å². The molecule has 0 unspecified atom stereocenters. The lowest BCUT2D eigenvalue weighted by Crippen LogP contribution is -2.28. The summed E-state index contributed by atoms with van der Waals surface area (Å²) in [6.45, 7) is 0. The molecule has 2 aromatic heterocycles. The van der Waals surface area contributed by atoms with Crippen molar-refractivity contribution in [3.8, 4) is 67.5 Å². The van der Waals surface area contributed by atoms with Crippen LogP contribution >= 0.6 is 0 Å². The fourth-order valence-corrected chi connectivity index (χ4v) is 9.71. The summed E-state index contributed by atoms with van der Waals surface area (Å²) in [5.74, 6) is 1.79. The Morgan fingerprint density at radius 2 is 0.806 bits per heavy atom. The Balaban J connectivity index is 1.08. The minimum Gasteiger partial charge on any atom is -0.456 e. The average Bonchev–Trinajstić information content (AvgIpc) is 3.89. The lowest BCUT2D eigenvalue weighted by molar-refractivity contribution is 0.669. The molecule has 11 aromatic rings. The molecule has 0 radical (unpaired) electrons. The van der Waals surface area contributed by atoms with E-state index in [-0.39, 0.29) is 0 Å². The molecule has 0 fully saturated rings. The standard InChI is InChI=1S/C58H37N3O/c1-4-17-38(18-5-1)41-19-14-20-42(37-41)39-33-35-40(36-34-39)55-59-56(61-57(60-55)48-28-16-32-52-54(48)46-26-11-13-31-51(46)62-52)47-27-15-30-50-53(47)45-25-10-12-29-49(45)58(50,43-21-6-2-7-22-43)44-23-8-3-9-24-44/h1-37H. The Kier molecular flexibility index (Phi) is 8.36. The van der Waals surface area contributed by atoms with Crippen LogP contribution in [0.2, 0.25) is 0 Å². The van der Waals surface area contributed by atoms with E-state index in [0.29, 0.717) is 17.5 Å². The summed E-state index contributed by atoms with van der Waals surface area (Å²) >= 11 is 0. The second-order valence-corrected chi connectivity index (χ2v) is 15.9. The van der Waals surface area contributed by atoms with Crippen LogP contribution in [0.1, 0.15) is 22.3 Å². The molecule has 0 spiro atoms. The predicted octanol–water partition coefficient (Wildman–Crippen LogP) is 14.5. The highest BCUT2D eigenvalue weighted by molar-refractivity contribution is 6.11. The van der Waals surface area contributed by atoms with E-state index in [1.165, 1.54) is 38.9 Å². The van der Waals surface area contributed by atoms with Crippen LogP contribution in [0, 0.1) is 0 Å². The van der Waals surface area contributed by atoms with Crippen LogP contribution in [-0.2, 0) is 5.41 Å². The van der Waals surface area contributed by atoms with E-state index in [9.17, 15) is 0 Å². The predicted molar refractivity (Wildman–Crippen MR) is 252 cm³/mol. The van der Waals surface area contributed by atoms with Gasteiger partial charge in [-0.25, -0.2) is 15.0 Å². The Labute approximate surface area is 359 Å². The number of furan rings is 1. The van der Waals surface area contributed by atoms with Crippen molar-refractivity contribution in [3.05, 3.63) is 247 Å². The Morgan fingerprint density at radius 1 is 0.323 bits per heavy atom. The van der Waals surface area contributed by atoms with Gasteiger partial charge in [-0.15, -0.1) is 0 Å². The number of fused-ring (bicyclic) bond motifs is 6. The van der Waals surface area contributed by atoms with Gasteiger partial charge in [0.1, 0.15) is 11.2 Å². The van der Waals surface area contributed by atoms with Crippen molar-refractivity contribution in [2.24, 2.45) is 0 Å². The summed E-state index contributed by atoms with van der Waals surface area (Å²) in [7, 11) is 0. The average molecular weight is 792 g/mol. The molecule has 0 aliphatic heterocycles. The quantitative estimate of drug-likeness (QED) is 0.161. The fourth-order valence-electron chi connectivity index (χ4n) is 9.71. The minimum atomic E-state index is -0.557. The normalized spacial score (nSPS) is 12.6. The maximum Gasteiger partial charge on any atom is 0.164 e. The molecule has 0 bridgehead atoms. The zero-order chi connectivity index (χ0) is 41.0. The molecule has 0 saturated carbocycles. The van der Waals surface area contributed by atoms with E-state index in [4.69, 9.17) is 19.4 Å². The molecule has 4 heteroatoms. The van der Waals surface area contributed by atoms with Crippen molar-refractivity contribution in [3.63, 3.8) is 0 Å². The molecule has 12 rings (SSSR count). The van der Waals surface area contributed by atoms with Crippen LogP contribution in [0.4, 0.5) is 0 Å². The van der Waals surface area contributed by atoms with Gasteiger partial charge in [0, 0.05) is 27.5 Å². The summed E-state index contributed by atoms with van der Waals surface area (Å²) in [5, 5.41) is 2.00. The zero-order valence-corrected chi connectivity index (χ0v) is 33.6. The van der Waals surface area contributed by atoms with Crippen molar-refractivity contribution < 1.29 is 4.42 Å². The topological polar surface area (TPSA) is 51.8 Å². The molecule has 4 nitrogen and oxygen atoms in total. The largest absolute Gasteiger partial charge is 0.456 e. The number of aromatic nitrogens is 3.